The monoisotopic (exact) mass is 294 g/mol. The third-order valence-corrected chi connectivity index (χ3v) is 3.85. The van der Waals surface area contributed by atoms with E-state index >= 15 is 0 Å². The number of hydrogen-bond acceptors (Lipinski definition) is 3. The summed E-state index contributed by atoms with van der Waals surface area (Å²) in [6.07, 6.45) is 0. The molecule has 1 aromatic carbocycles. The first-order valence-corrected chi connectivity index (χ1v) is 7.16. The summed E-state index contributed by atoms with van der Waals surface area (Å²) < 4.78 is 4.78. The summed E-state index contributed by atoms with van der Waals surface area (Å²) in [5.74, 6) is -0.327. The molecule has 0 saturated heterocycles. The minimum Gasteiger partial charge on any atom is -0.465 e. The highest BCUT2D eigenvalue weighted by molar-refractivity contribution is 5.97. The number of aromatic nitrogens is 2. The van der Waals surface area contributed by atoms with Crippen LogP contribution in [0, 0.1) is 20.8 Å². The Morgan fingerprint density at radius 1 is 1.09 bits per heavy atom. The van der Waals surface area contributed by atoms with Crippen molar-refractivity contribution < 1.29 is 9.53 Å². The van der Waals surface area contributed by atoms with E-state index in [4.69, 9.17) is 4.74 Å². The summed E-state index contributed by atoms with van der Waals surface area (Å²) in [6, 6.07) is 9.70. The maximum Gasteiger partial charge on any atom is 0.337 e. The SMILES string of the molecule is COC(=O)c1ccc2c(C)c(-c3cc(C)nc(C)c3)[nH]c2c1. The number of ether oxygens (including phenoxy) is 1. The van der Waals surface area contributed by atoms with E-state index in [2.05, 4.69) is 29.0 Å². The van der Waals surface area contributed by atoms with Crippen LogP contribution in [0.5, 0.6) is 0 Å². The van der Waals surface area contributed by atoms with E-state index in [1.165, 1.54) is 7.11 Å². The van der Waals surface area contributed by atoms with Crippen LogP contribution in [0.3, 0.4) is 0 Å². The van der Waals surface area contributed by atoms with Crippen LogP contribution in [0.4, 0.5) is 0 Å². The molecule has 0 bridgehead atoms. The summed E-state index contributed by atoms with van der Waals surface area (Å²) in [5.41, 5.74) is 6.79. The molecule has 3 aromatic rings. The second-order valence-corrected chi connectivity index (χ2v) is 5.52. The summed E-state index contributed by atoms with van der Waals surface area (Å²) in [4.78, 5) is 19.5. The quantitative estimate of drug-likeness (QED) is 0.728. The highest BCUT2D eigenvalue weighted by atomic mass is 16.5. The molecule has 0 unspecified atom stereocenters. The number of carbonyl (C=O) groups excluding carboxylic acids is 1. The Labute approximate surface area is 129 Å². The van der Waals surface area contributed by atoms with Gasteiger partial charge in [-0.05, 0) is 50.6 Å². The van der Waals surface area contributed by atoms with Gasteiger partial charge in [0.05, 0.1) is 12.7 Å². The maximum atomic E-state index is 11.7. The second-order valence-electron chi connectivity index (χ2n) is 5.52. The number of nitrogens with one attached hydrogen (secondary N) is 1. The minimum absolute atomic E-state index is 0.327. The average molecular weight is 294 g/mol. The lowest BCUT2D eigenvalue weighted by Crippen LogP contribution is -2.00. The molecule has 1 N–H and O–H groups in total. The number of esters is 1. The average Bonchev–Trinajstić information content (AvgIpc) is 2.82. The van der Waals surface area contributed by atoms with E-state index in [0.29, 0.717) is 5.56 Å². The standard InChI is InChI=1S/C18H18N2O2/c1-10-7-14(8-11(2)19-10)17-12(3)15-6-5-13(18(21)22-4)9-16(15)20-17/h5-9,20H,1-4H3. The van der Waals surface area contributed by atoms with Gasteiger partial charge in [-0.2, -0.15) is 0 Å². The first kappa shape index (κ1) is 14.3. The van der Waals surface area contributed by atoms with E-state index < -0.39 is 0 Å². The number of aromatic amines is 1. The lowest BCUT2D eigenvalue weighted by molar-refractivity contribution is 0.0601. The zero-order valence-corrected chi connectivity index (χ0v) is 13.2. The normalized spacial score (nSPS) is 10.9. The number of H-pyrrole nitrogens is 1. The van der Waals surface area contributed by atoms with Gasteiger partial charge in [0.2, 0.25) is 0 Å². The Kier molecular flexibility index (Phi) is 3.45. The lowest BCUT2D eigenvalue weighted by atomic mass is 10.1. The lowest BCUT2D eigenvalue weighted by Gasteiger charge is -2.04. The van der Waals surface area contributed by atoms with Crippen LogP contribution in [-0.2, 0) is 4.74 Å². The molecular weight excluding hydrogens is 276 g/mol. The van der Waals surface area contributed by atoms with Gasteiger partial charge in [-0.15, -0.1) is 0 Å². The van der Waals surface area contributed by atoms with Gasteiger partial charge in [0.15, 0.2) is 0 Å². The molecule has 0 fully saturated rings. The van der Waals surface area contributed by atoms with Gasteiger partial charge in [0, 0.05) is 33.5 Å². The fourth-order valence-corrected chi connectivity index (χ4v) is 2.85. The molecular formula is C18H18N2O2. The van der Waals surface area contributed by atoms with E-state index in [-0.39, 0.29) is 5.97 Å². The van der Waals surface area contributed by atoms with Crippen LogP contribution < -0.4 is 0 Å². The highest BCUT2D eigenvalue weighted by Gasteiger charge is 2.13. The van der Waals surface area contributed by atoms with Gasteiger partial charge < -0.3 is 9.72 Å². The number of rotatable bonds is 2. The Hall–Kier alpha value is -2.62. The van der Waals surface area contributed by atoms with Gasteiger partial charge in [0.25, 0.3) is 0 Å². The molecule has 0 aliphatic rings. The molecule has 0 spiro atoms. The number of hydrogen-bond donors (Lipinski definition) is 1. The van der Waals surface area contributed by atoms with Crippen LogP contribution in [0.25, 0.3) is 22.2 Å². The molecule has 4 nitrogen and oxygen atoms in total. The first-order valence-electron chi connectivity index (χ1n) is 7.16. The third-order valence-electron chi connectivity index (χ3n) is 3.85. The van der Waals surface area contributed by atoms with Gasteiger partial charge in [-0.3, -0.25) is 4.98 Å². The predicted octanol–water partition coefficient (Wildman–Crippen LogP) is 3.94. The Balaban J connectivity index is 2.19. The number of carbonyl (C=O) groups is 1. The van der Waals surface area contributed by atoms with Crippen molar-refractivity contribution in [1.82, 2.24) is 9.97 Å². The number of fused-ring (bicyclic) bond motifs is 1. The van der Waals surface area contributed by atoms with Gasteiger partial charge >= 0.3 is 5.97 Å². The van der Waals surface area contributed by atoms with Crippen molar-refractivity contribution >= 4 is 16.9 Å². The summed E-state index contributed by atoms with van der Waals surface area (Å²) in [7, 11) is 1.39. The molecule has 2 aromatic heterocycles. The smallest absolute Gasteiger partial charge is 0.337 e. The largest absolute Gasteiger partial charge is 0.465 e. The van der Waals surface area contributed by atoms with Gasteiger partial charge in [0.1, 0.15) is 0 Å². The molecule has 22 heavy (non-hydrogen) atoms. The topological polar surface area (TPSA) is 55.0 Å². The molecule has 2 heterocycles. The molecule has 0 aliphatic carbocycles. The van der Waals surface area contributed by atoms with Crippen molar-refractivity contribution in [3.8, 4) is 11.3 Å². The maximum absolute atomic E-state index is 11.7. The van der Waals surface area contributed by atoms with Crippen LogP contribution in [-0.4, -0.2) is 23.0 Å². The van der Waals surface area contributed by atoms with Crippen molar-refractivity contribution in [2.45, 2.75) is 20.8 Å². The minimum atomic E-state index is -0.327. The Morgan fingerprint density at radius 2 is 1.77 bits per heavy atom. The molecule has 4 heteroatoms. The molecule has 112 valence electrons. The number of aryl methyl sites for hydroxylation is 3. The molecule has 3 rings (SSSR count). The van der Waals surface area contributed by atoms with Crippen LogP contribution in [0.15, 0.2) is 30.3 Å². The zero-order chi connectivity index (χ0) is 15.9. The van der Waals surface area contributed by atoms with Gasteiger partial charge in [-0.1, -0.05) is 6.07 Å². The summed E-state index contributed by atoms with van der Waals surface area (Å²) in [5, 5.41) is 1.11. The first-order chi connectivity index (χ1) is 10.5. The predicted molar refractivity (Wildman–Crippen MR) is 87.1 cm³/mol. The van der Waals surface area contributed by atoms with Crippen LogP contribution in [0.2, 0.25) is 0 Å². The zero-order valence-electron chi connectivity index (χ0n) is 13.2. The number of methoxy groups -OCH3 is 1. The second kappa shape index (κ2) is 5.30. The highest BCUT2D eigenvalue weighted by Crippen LogP contribution is 2.30. The number of nitrogens with zero attached hydrogens (tertiary/aromatic N) is 1. The van der Waals surface area contributed by atoms with Gasteiger partial charge in [-0.25, -0.2) is 4.79 Å². The Bertz CT molecular complexity index is 858. The molecule has 0 amide bonds. The molecule has 0 radical (unpaired) electrons. The number of pyridine rings is 1. The third kappa shape index (κ3) is 2.37. The number of benzene rings is 1. The van der Waals surface area contributed by atoms with Crippen LogP contribution in [0.1, 0.15) is 27.3 Å². The van der Waals surface area contributed by atoms with E-state index in [1.54, 1.807) is 6.07 Å². The fraction of sp³-hybridized carbons (Fsp3) is 0.222. The van der Waals surface area contributed by atoms with Crippen LogP contribution >= 0.6 is 0 Å². The summed E-state index contributed by atoms with van der Waals surface area (Å²) in [6.45, 7) is 6.06. The van der Waals surface area contributed by atoms with Crippen molar-refractivity contribution in [2.75, 3.05) is 7.11 Å². The van der Waals surface area contributed by atoms with E-state index in [1.807, 2.05) is 26.0 Å². The molecule has 0 aliphatic heterocycles. The van der Waals surface area contributed by atoms with E-state index in [9.17, 15) is 4.79 Å². The molecule has 0 atom stereocenters. The summed E-state index contributed by atoms with van der Waals surface area (Å²) >= 11 is 0. The fourth-order valence-electron chi connectivity index (χ4n) is 2.85. The van der Waals surface area contributed by atoms with E-state index in [0.717, 1.165) is 39.1 Å². The Morgan fingerprint density at radius 3 is 2.41 bits per heavy atom. The van der Waals surface area contributed by atoms with Crippen molar-refractivity contribution in [1.29, 1.82) is 0 Å². The molecule has 0 saturated carbocycles. The van der Waals surface area contributed by atoms with Crippen molar-refractivity contribution in [3.63, 3.8) is 0 Å². The van der Waals surface area contributed by atoms with Crippen molar-refractivity contribution in [2.24, 2.45) is 0 Å². The van der Waals surface area contributed by atoms with Crippen molar-refractivity contribution in [3.05, 3.63) is 52.8 Å².